The smallest absolute Gasteiger partial charge is 0.259 e. The third-order valence-corrected chi connectivity index (χ3v) is 6.87. The number of rotatable bonds is 6. The van der Waals surface area contributed by atoms with E-state index in [1.807, 2.05) is 0 Å². The van der Waals surface area contributed by atoms with Gasteiger partial charge in [-0.15, -0.1) is 0 Å². The number of aliphatic hydroxyl groups is 4. The van der Waals surface area contributed by atoms with Gasteiger partial charge < -0.3 is 20.4 Å². The Morgan fingerprint density at radius 2 is 1.38 bits per heavy atom. The third kappa shape index (κ3) is 2.11. The first-order chi connectivity index (χ1) is 11.9. The molecule has 0 aliphatic carbocycles. The summed E-state index contributed by atoms with van der Waals surface area (Å²) in [6.07, 6.45) is -5.74. The zero-order valence-electron chi connectivity index (χ0n) is 14.6. The van der Waals surface area contributed by atoms with Gasteiger partial charge in [-0.25, -0.2) is 0 Å². The molecule has 4 aliphatic heterocycles. The fraction of sp³-hybridized carbons (Fsp3) is 1.00. The molecule has 4 rings (SSSR count). The van der Waals surface area contributed by atoms with Crippen LogP contribution in [0.1, 0.15) is 13.8 Å². The largest absolute Gasteiger partial charge is 0.394 e. The van der Waals surface area contributed by atoms with Crippen LogP contribution in [0.2, 0.25) is 0 Å². The molecule has 0 radical (unpaired) electrons. The average molecular weight is 376 g/mol. The maximum atomic E-state index is 11.9. The summed E-state index contributed by atoms with van der Waals surface area (Å²) in [4.78, 5) is 25.8. The first-order valence-corrected chi connectivity index (χ1v) is 8.37. The van der Waals surface area contributed by atoms with Crippen molar-refractivity contribution in [3.8, 4) is 0 Å². The summed E-state index contributed by atoms with van der Waals surface area (Å²) >= 11 is 0. The van der Waals surface area contributed by atoms with Gasteiger partial charge in [0.2, 0.25) is 0 Å². The molecule has 0 amide bonds. The van der Waals surface area contributed by atoms with Crippen LogP contribution in [0.5, 0.6) is 0 Å². The summed E-state index contributed by atoms with van der Waals surface area (Å²) in [6.45, 7) is 1.90. The summed E-state index contributed by atoms with van der Waals surface area (Å²) in [5.74, 6) is 0. The molecule has 148 valence electrons. The van der Waals surface area contributed by atoms with Crippen LogP contribution in [-0.4, -0.2) is 108 Å². The Morgan fingerprint density at radius 3 is 1.69 bits per heavy atom. The maximum Gasteiger partial charge on any atom is 0.259 e. The predicted octanol–water partition coefficient (Wildman–Crippen LogP) is -2.91. The van der Waals surface area contributed by atoms with E-state index in [4.69, 9.17) is 5.11 Å². The van der Waals surface area contributed by atoms with E-state index in [1.54, 1.807) is 13.8 Å². The van der Waals surface area contributed by atoms with Crippen molar-refractivity contribution in [3.63, 3.8) is 0 Å². The molecular formula is C14H24N4O8. The molecule has 4 saturated heterocycles. The quantitative estimate of drug-likeness (QED) is 0.278. The molecule has 3 atom stereocenters. The molecular weight excluding hydrogens is 352 g/mol. The lowest BCUT2D eigenvalue weighted by atomic mass is 9.53. The van der Waals surface area contributed by atoms with Crippen LogP contribution >= 0.6 is 0 Å². The number of aliphatic hydroxyl groups excluding tert-OH is 4. The molecule has 0 unspecified atom stereocenters. The summed E-state index contributed by atoms with van der Waals surface area (Å²) in [5, 5.41) is 63.0. The molecule has 0 aromatic heterocycles. The van der Waals surface area contributed by atoms with Gasteiger partial charge in [0.15, 0.2) is 0 Å². The minimum absolute atomic E-state index is 0.108. The van der Waals surface area contributed by atoms with E-state index in [-0.39, 0.29) is 26.2 Å². The Hall–Kier alpha value is -1.44. The van der Waals surface area contributed by atoms with Crippen molar-refractivity contribution in [3.05, 3.63) is 20.2 Å². The summed E-state index contributed by atoms with van der Waals surface area (Å²) in [5.41, 5.74) is -4.40. The average Bonchev–Trinajstić information content (AvgIpc) is 2.56. The lowest BCUT2D eigenvalue weighted by Crippen LogP contribution is -2.91. The molecule has 0 spiro atoms. The summed E-state index contributed by atoms with van der Waals surface area (Å²) in [7, 11) is 0. The Bertz CT molecular complexity index is 576. The van der Waals surface area contributed by atoms with Crippen LogP contribution in [-0.2, 0) is 0 Å². The molecule has 4 N–H and O–H groups in total. The van der Waals surface area contributed by atoms with Crippen LogP contribution in [0.3, 0.4) is 0 Å². The molecule has 4 fully saturated rings. The van der Waals surface area contributed by atoms with Crippen molar-refractivity contribution < 1.29 is 30.3 Å². The van der Waals surface area contributed by atoms with E-state index in [2.05, 4.69) is 0 Å². The first-order valence-electron chi connectivity index (χ1n) is 8.37. The van der Waals surface area contributed by atoms with Gasteiger partial charge in [-0.05, 0) is 13.8 Å². The van der Waals surface area contributed by atoms with Gasteiger partial charge in [0, 0.05) is 9.85 Å². The molecule has 4 aliphatic rings. The zero-order valence-corrected chi connectivity index (χ0v) is 14.6. The number of piperidine rings is 2. The van der Waals surface area contributed by atoms with Crippen LogP contribution in [0.25, 0.3) is 0 Å². The van der Waals surface area contributed by atoms with Crippen molar-refractivity contribution in [2.45, 2.75) is 49.4 Å². The van der Waals surface area contributed by atoms with E-state index in [0.717, 1.165) is 0 Å². The lowest BCUT2D eigenvalue weighted by molar-refractivity contribution is -0.679. The van der Waals surface area contributed by atoms with E-state index in [0.29, 0.717) is 0 Å². The molecule has 4 heterocycles. The number of hydrogen-bond acceptors (Lipinski definition) is 10. The number of hydrogen-bond donors (Lipinski definition) is 4. The second-order valence-electron chi connectivity index (χ2n) is 8.16. The normalized spacial score (nSPS) is 43.7. The molecule has 0 aromatic rings. The van der Waals surface area contributed by atoms with Crippen LogP contribution < -0.4 is 0 Å². The van der Waals surface area contributed by atoms with Crippen molar-refractivity contribution in [2.24, 2.45) is 5.41 Å². The highest BCUT2D eigenvalue weighted by Gasteiger charge is 2.82. The third-order valence-electron chi connectivity index (χ3n) is 6.87. The summed E-state index contributed by atoms with van der Waals surface area (Å²) in [6, 6.07) is 0. The molecule has 0 aromatic carbocycles. The fourth-order valence-electron chi connectivity index (χ4n) is 5.02. The Balaban J connectivity index is 2.02. The van der Waals surface area contributed by atoms with E-state index >= 15 is 0 Å². The minimum Gasteiger partial charge on any atom is -0.394 e. The van der Waals surface area contributed by atoms with Crippen molar-refractivity contribution in [2.75, 3.05) is 32.8 Å². The molecule has 26 heavy (non-hydrogen) atoms. The molecule has 12 nitrogen and oxygen atoms in total. The van der Waals surface area contributed by atoms with Crippen LogP contribution in [0, 0.1) is 25.6 Å². The first kappa shape index (κ1) is 19.3. The number of nitro groups is 2. The monoisotopic (exact) mass is 376 g/mol. The van der Waals surface area contributed by atoms with Gasteiger partial charge in [-0.2, -0.15) is 0 Å². The van der Waals surface area contributed by atoms with E-state index in [9.17, 15) is 35.5 Å². The van der Waals surface area contributed by atoms with Crippen molar-refractivity contribution in [1.82, 2.24) is 9.80 Å². The van der Waals surface area contributed by atoms with Gasteiger partial charge in [-0.1, -0.05) is 0 Å². The standard InChI is InChI=1S/C14H24N4O8/c1-12(2)13(17(23)24)4-15-6-14(12,18(25)26)7-16(5-13)11(15)10(22)9(21)8(20)3-19/h8-11,19-22H,3-7H2,1-2H3/t8-,9+,10+,11?,13?,14?/m1/s1. The van der Waals surface area contributed by atoms with Crippen molar-refractivity contribution in [1.29, 1.82) is 0 Å². The second-order valence-corrected chi connectivity index (χ2v) is 8.16. The highest BCUT2D eigenvalue weighted by molar-refractivity contribution is 5.22. The van der Waals surface area contributed by atoms with Gasteiger partial charge >= 0.3 is 0 Å². The predicted molar refractivity (Wildman–Crippen MR) is 85.3 cm³/mol. The Kier molecular flexibility index (Phi) is 4.29. The van der Waals surface area contributed by atoms with Gasteiger partial charge in [0.05, 0.1) is 39.0 Å². The van der Waals surface area contributed by atoms with Crippen LogP contribution in [0.15, 0.2) is 0 Å². The van der Waals surface area contributed by atoms with Crippen LogP contribution in [0.4, 0.5) is 0 Å². The molecule has 0 saturated carbocycles. The van der Waals surface area contributed by atoms with Gasteiger partial charge in [0.1, 0.15) is 23.7 Å². The topological polar surface area (TPSA) is 174 Å². The Labute approximate surface area is 148 Å². The zero-order chi connectivity index (χ0) is 19.7. The van der Waals surface area contributed by atoms with Crippen molar-refractivity contribution >= 4 is 0 Å². The van der Waals surface area contributed by atoms with Gasteiger partial charge in [0.25, 0.3) is 11.1 Å². The summed E-state index contributed by atoms with van der Waals surface area (Å²) < 4.78 is 0. The molecule has 12 heteroatoms. The lowest BCUT2D eigenvalue weighted by Gasteiger charge is -2.66. The minimum atomic E-state index is -1.69. The molecule has 4 bridgehead atoms. The SMILES string of the molecule is CC1(C)C2([N+](=O)[O-])CN3CC1([N+](=O)[O-])CN(C2)C3[C@@H](O)[C@@H](O)[C@H](O)CO. The Morgan fingerprint density at radius 1 is 1.00 bits per heavy atom. The second kappa shape index (κ2) is 5.78. The maximum absolute atomic E-state index is 11.9. The van der Waals surface area contributed by atoms with Gasteiger partial charge in [-0.3, -0.25) is 30.0 Å². The highest BCUT2D eigenvalue weighted by Crippen LogP contribution is 2.56. The number of nitrogens with zero attached hydrogens (tertiary/aromatic N) is 4. The fourth-order valence-corrected chi connectivity index (χ4v) is 5.02. The highest BCUT2D eigenvalue weighted by atomic mass is 16.6. The van der Waals surface area contributed by atoms with E-state index < -0.39 is 57.4 Å². The van der Waals surface area contributed by atoms with E-state index in [1.165, 1.54) is 9.80 Å².